The number of hydrogen-bond donors (Lipinski definition) is 1. The molecule has 3 aliphatic rings. The minimum Gasteiger partial charge on any atom is -0.455 e. The van der Waals surface area contributed by atoms with E-state index in [4.69, 9.17) is 21.1 Å². The van der Waals surface area contributed by atoms with Crippen LogP contribution in [0.25, 0.3) is 0 Å². The Morgan fingerprint density at radius 3 is 2.49 bits per heavy atom. The van der Waals surface area contributed by atoms with Gasteiger partial charge < -0.3 is 29.3 Å². The first kappa shape index (κ1) is 34.3. The number of nitrogens with zero attached hydrogens (tertiary/aromatic N) is 3. The van der Waals surface area contributed by atoms with Crippen molar-refractivity contribution in [1.29, 1.82) is 0 Å². The Hall–Kier alpha value is -3.99. The third-order valence-electron chi connectivity index (χ3n) is 9.74. The van der Waals surface area contributed by atoms with E-state index in [1.165, 1.54) is 9.80 Å². The van der Waals surface area contributed by atoms with Crippen molar-refractivity contribution in [2.75, 3.05) is 31.6 Å². The molecule has 3 heterocycles. The smallest absolute Gasteiger partial charge is 0.313 e. The number of carbonyl (C=O) groups excluding carboxylic acids is 4. The maximum atomic E-state index is 14.4. The third kappa shape index (κ3) is 6.34. The van der Waals surface area contributed by atoms with Gasteiger partial charge in [-0.3, -0.25) is 19.2 Å². The number of β-amino-alcohol motifs (C(OH)–C–C–N with tert-alkyl or cyclic N) is 1. The number of fused-ring (bicyclic) bond motifs is 1. The zero-order valence-corrected chi connectivity index (χ0v) is 27.6. The highest BCUT2D eigenvalue weighted by molar-refractivity contribution is 6.30. The van der Waals surface area contributed by atoms with Crippen molar-refractivity contribution in [3.63, 3.8) is 0 Å². The van der Waals surface area contributed by atoms with E-state index in [-0.39, 0.29) is 32.0 Å². The maximum absolute atomic E-state index is 14.4. The number of esters is 1. The second-order valence-electron chi connectivity index (χ2n) is 12.4. The van der Waals surface area contributed by atoms with E-state index < -0.39 is 59.5 Å². The summed E-state index contributed by atoms with van der Waals surface area (Å²) in [5, 5.41) is 10.5. The molecule has 7 atom stereocenters. The number of benzene rings is 2. The summed E-state index contributed by atoms with van der Waals surface area (Å²) in [6, 6.07) is 14.3. The van der Waals surface area contributed by atoms with Crippen molar-refractivity contribution in [3.05, 3.63) is 90.5 Å². The lowest BCUT2D eigenvalue weighted by atomic mass is 9.70. The van der Waals surface area contributed by atoms with E-state index >= 15 is 0 Å². The van der Waals surface area contributed by atoms with Crippen molar-refractivity contribution in [2.24, 2.45) is 11.8 Å². The van der Waals surface area contributed by atoms with E-state index in [2.05, 4.69) is 13.2 Å². The number of hydrogen-bond acceptors (Lipinski definition) is 7. The molecule has 0 radical (unpaired) electrons. The Kier molecular flexibility index (Phi) is 10.5. The average molecular weight is 664 g/mol. The summed E-state index contributed by atoms with van der Waals surface area (Å²) in [6.07, 6.45) is 3.44. The molecule has 3 saturated heterocycles. The number of halogens is 1. The number of aliphatic hydroxyl groups excluding tert-OH is 1. The molecule has 0 saturated carbocycles. The summed E-state index contributed by atoms with van der Waals surface area (Å²) in [5.74, 6) is -3.53. The Labute approximate surface area is 280 Å². The minimum absolute atomic E-state index is 0.104. The number of likely N-dealkylation sites (N-methyl/N-ethyl adjacent to an activating group) is 1. The molecule has 5 rings (SSSR count). The van der Waals surface area contributed by atoms with E-state index in [9.17, 15) is 24.3 Å². The second-order valence-corrected chi connectivity index (χ2v) is 12.8. The number of carbonyl (C=O) groups is 4. The van der Waals surface area contributed by atoms with Crippen LogP contribution >= 0.6 is 11.6 Å². The predicted molar refractivity (Wildman–Crippen MR) is 177 cm³/mol. The standard InChI is InChI=1S/C36H42ClN3O7/c1-5-7-13-28(42)38(4)23(3)31(24-11-9-8-10-12-24)46-35(45)29-27-18-19-36(47-27)30(29)33(43)40(21-22-41)32(36)34(44)39(20-6-2)26-16-14-25(37)15-17-26/h5-6,8-12,14-17,23,27,29-32,41H,1-2,7,13,18-22H2,3-4H3/t23-,27+,29-,30-,31+,32+,36-/m1/s1. The summed E-state index contributed by atoms with van der Waals surface area (Å²) in [6.45, 7) is 9.00. The fourth-order valence-electron chi connectivity index (χ4n) is 7.39. The fourth-order valence-corrected chi connectivity index (χ4v) is 7.52. The molecule has 0 aliphatic carbocycles. The molecule has 0 aromatic heterocycles. The van der Waals surface area contributed by atoms with Crippen molar-refractivity contribution in [2.45, 2.75) is 62.5 Å². The van der Waals surface area contributed by atoms with Crippen LogP contribution in [0.2, 0.25) is 5.02 Å². The Morgan fingerprint density at radius 2 is 1.85 bits per heavy atom. The summed E-state index contributed by atoms with van der Waals surface area (Å²) < 4.78 is 12.8. The number of ether oxygens (including phenoxy) is 2. The van der Waals surface area contributed by atoms with Crippen LogP contribution in [0.5, 0.6) is 0 Å². The van der Waals surface area contributed by atoms with Gasteiger partial charge in [-0.2, -0.15) is 0 Å². The molecule has 2 aromatic carbocycles. The van der Waals surface area contributed by atoms with Gasteiger partial charge in [0.1, 0.15) is 17.7 Å². The number of allylic oxidation sites excluding steroid dienone is 1. The van der Waals surface area contributed by atoms with Crippen LogP contribution in [0.4, 0.5) is 5.69 Å². The molecule has 11 heteroatoms. The normalized spacial score (nSPS) is 25.5. The molecule has 2 bridgehead atoms. The van der Waals surface area contributed by atoms with E-state index in [1.807, 2.05) is 37.3 Å². The lowest BCUT2D eigenvalue weighted by Gasteiger charge is -2.36. The molecule has 10 nitrogen and oxygen atoms in total. The van der Waals surface area contributed by atoms with Gasteiger partial charge >= 0.3 is 5.97 Å². The van der Waals surface area contributed by atoms with Gasteiger partial charge in [0.05, 0.1) is 30.6 Å². The van der Waals surface area contributed by atoms with Gasteiger partial charge in [-0.15, -0.1) is 13.2 Å². The monoisotopic (exact) mass is 663 g/mol. The number of likely N-dealkylation sites (tertiary alicyclic amines) is 1. The fraction of sp³-hybridized carbons (Fsp3) is 0.444. The molecule has 1 N–H and O–H groups in total. The number of amides is 3. The minimum atomic E-state index is -1.28. The first-order chi connectivity index (χ1) is 22.6. The van der Waals surface area contributed by atoms with E-state index in [0.29, 0.717) is 35.5 Å². The summed E-state index contributed by atoms with van der Waals surface area (Å²) >= 11 is 6.11. The quantitative estimate of drug-likeness (QED) is 0.236. The molecular weight excluding hydrogens is 622 g/mol. The second kappa shape index (κ2) is 14.4. The van der Waals surface area contributed by atoms with Gasteiger partial charge in [0.2, 0.25) is 11.8 Å². The van der Waals surface area contributed by atoms with Gasteiger partial charge in [-0.25, -0.2) is 0 Å². The lowest BCUT2D eigenvalue weighted by molar-refractivity contribution is -0.164. The van der Waals surface area contributed by atoms with Crippen LogP contribution in [0.15, 0.2) is 79.9 Å². The van der Waals surface area contributed by atoms with Gasteiger partial charge in [0, 0.05) is 37.3 Å². The molecule has 3 fully saturated rings. The first-order valence-corrected chi connectivity index (χ1v) is 16.4. The molecule has 2 aromatic rings. The molecule has 3 amide bonds. The molecule has 1 spiro atoms. The highest BCUT2D eigenvalue weighted by Crippen LogP contribution is 2.59. The Balaban J connectivity index is 1.47. The van der Waals surface area contributed by atoms with Gasteiger partial charge in [-0.1, -0.05) is 54.1 Å². The van der Waals surface area contributed by atoms with Crippen LogP contribution in [-0.4, -0.2) is 89.1 Å². The number of anilines is 1. The number of rotatable bonds is 14. The summed E-state index contributed by atoms with van der Waals surface area (Å²) in [4.78, 5) is 60.3. The van der Waals surface area contributed by atoms with Gasteiger partial charge in [-0.05, 0) is 56.0 Å². The van der Waals surface area contributed by atoms with Crippen LogP contribution in [0.1, 0.15) is 44.3 Å². The van der Waals surface area contributed by atoms with Crippen molar-refractivity contribution in [3.8, 4) is 0 Å². The Morgan fingerprint density at radius 1 is 1.15 bits per heavy atom. The maximum Gasteiger partial charge on any atom is 0.313 e. The molecule has 47 heavy (non-hydrogen) atoms. The zero-order chi connectivity index (χ0) is 33.9. The SMILES string of the molecule is C=CCCC(=O)N(C)[C@H](C)[C@H](OC(=O)[C@@H]1[C@@H]2CC[C@]3(O2)[C@H](C(=O)N(CC=C)c2ccc(Cl)cc2)N(CCO)C(=O)[C@@H]13)c1ccccc1. The number of aliphatic hydroxyl groups is 1. The lowest BCUT2D eigenvalue weighted by Crippen LogP contribution is -2.56. The third-order valence-corrected chi connectivity index (χ3v) is 9.99. The van der Waals surface area contributed by atoms with Crippen molar-refractivity contribution >= 4 is 41.0 Å². The van der Waals surface area contributed by atoms with Crippen LogP contribution in [0.3, 0.4) is 0 Å². The van der Waals surface area contributed by atoms with E-state index in [1.54, 1.807) is 48.4 Å². The zero-order valence-electron chi connectivity index (χ0n) is 26.8. The predicted octanol–water partition coefficient (Wildman–Crippen LogP) is 4.32. The molecule has 0 unspecified atom stereocenters. The van der Waals surface area contributed by atoms with Crippen LogP contribution in [0, 0.1) is 11.8 Å². The highest BCUT2D eigenvalue weighted by atomic mass is 35.5. The average Bonchev–Trinajstić information content (AvgIpc) is 3.72. The van der Waals surface area contributed by atoms with Crippen molar-refractivity contribution in [1.82, 2.24) is 9.80 Å². The molecule has 250 valence electrons. The van der Waals surface area contributed by atoms with Gasteiger partial charge in [0.15, 0.2) is 0 Å². The first-order valence-electron chi connectivity index (χ1n) is 16.0. The van der Waals surface area contributed by atoms with Crippen molar-refractivity contribution < 1.29 is 33.8 Å². The van der Waals surface area contributed by atoms with E-state index in [0.717, 1.165) is 0 Å². The Bertz CT molecular complexity index is 1500. The summed E-state index contributed by atoms with van der Waals surface area (Å²) in [7, 11) is 1.68. The van der Waals surface area contributed by atoms with Crippen LogP contribution in [-0.2, 0) is 28.7 Å². The topological polar surface area (TPSA) is 117 Å². The summed E-state index contributed by atoms with van der Waals surface area (Å²) in [5.41, 5.74) is -0.0220. The molecule has 3 aliphatic heterocycles. The van der Waals surface area contributed by atoms with Gasteiger partial charge in [0.25, 0.3) is 5.91 Å². The highest BCUT2D eigenvalue weighted by Gasteiger charge is 2.75. The largest absolute Gasteiger partial charge is 0.455 e. The van der Waals surface area contributed by atoms with Crippen LogP contribution < -0.4 is 4.90 Å². The molecular formula is C36H42ClN3O7.